The molecule has 23 heavy (non-hydrogen) atoms. The van der Waals surface area contributed by atoms with Crippen molar-refractivity contribution in [2.75, 3.05) is 24.7 Å². The number of hydrogen-bond donors (Lipinski definition) is 1. The summed E-state index contributed by atoms with van der Waals surface area (Å²) >= 11 is 1.68. The molecule has 4 heteroatoms. The first-order valence-corrected chi connectivity index (χ1v) is 9.18. The Morgan fingerprint density at radius 1 is 1.22 bits per heavy atom. The van der Waals surface area contributed by atoms with Gasteiger partial charge in [-0.2, -0.15) is 0 Å². The van der Waals surface area contributed by atoms with Gasteiger partial charge in [0, 0.05) is 23.7 Å². The van der Waals surface area contributed by atoms with Gasteiger partial charge in [-0.25, -0.2) is 0 Å². The lowest BCUT2D eigenvalue weighted by molar-refractivity contribution is -0.119. The van der Waals surface area contributed by atoms with E-state index in [1.807, 2.05) is 30.5 Å². The molecule has 1 heterocycles. The standard InChI is InChI=1S/C19H22N2OS/c1-23-18-9-5-8-17(12-18)20-19(22)16-10-11-21(14-16)13-15-6-3-2-4-7-15/h2-9,12,16H,10-11,13-14H2,1H3,(H,20,22). The molecule has 1 N–H and O–H groups in total. The molecule has 0 bridgehead atoms. The Kier molecular flexibility index (Phi) is 5.36. The Hall–Kier alpha value is -1.78. The lowest BCUT2D eigenvalue weighted by Crippen LogP contribution is -2.26. The largest absolute Gasteiger partial charge is 0.326 e. The maximum Gasteiger partial charge on any atom is 0.228 e. The number of nitrogens with one attached hydrogen (secondary N) is 1. The molecule has 1 saturated heterocycles. The zero-order valence-electron chi connectivity index (χ0n) is 13.4. The van der Waals surface area contributed by atoms with E-state index in [0.717, 1.165) is 31.7 Å². The number of rotatable bonds is 5. The third-order valence-electron chi connectivity index (χ3n) is 4.23. The van der Waals surface area contributed by atoms with Crippen molar-refractivity contribution in [3.8, 4) is 0 Å². The third kappa shape index (κ3) is 4.36. The van der Waals surface area contributed by atoms with Crippen LogP contribution in [0.2, 0.25) is 0 Å². The van der Waals surface area contributed by atoms with Gasteiger partial charge in [0.2, 0.25) is 5.91 Å². The molecule has 0 radical (unpaired) electrons. The fraction of sp³-hybridized carbons (Fsp3) is 0.316. The second-order valence-corrected chi connectivity index (χ2v) is 6.81. The van der Waals surface area contributed by atoms with Crippen LogP contribution in [0.25, 0.3) is 0 Å². The van der Waals surface area contributed by atoms with E-state index < -0.39 is 0 Å². The first kappa shape index (κ1) is 16.1. The second kappa shape index (κ2) is 7.66. The van der Waals surface area contributed by atoms with Crippen molar-refractivity contribution in [2.45, 2.75) is 17.9 Å². The number of likely N-dealkylation sites (tertiary alicyclic amines) is 1. The molecular weight excluding hydrogens is 304 g/mol. The minimum absolute atomic E-state index is 0.0802. The van der Waals surface area contributed by atoms with Gasteiger partial charge in [-0.05, 0) is 43.0 Å². The number of anilines is 1. The summed E-state index contributed by atoms with van der Waals surface area (Å²) in [6.07, 6.45) is 2.97. The second-order valence-electron chi connectivity index (χ2n) is 5.93. The van der Waals surface area contributed by atoms with E-state index in [4.69, 9.17) is 0 Å². The van der Waals surface area contributed by atoms with Crippen LogP contribution in [-0.2, 0) is 11.3 Å². The molecule has 1 aliphatic rings. The van der Waals surface area contributed by atoms with E-state index >= 15 is 0 Å². The number of nitrogens with zero attached hydrogens (tertiary/aromatic N) is 1. The van der Waals surface area contributed by atoms with E-state index in [1.54, 1.807) is 11.8 Å². The molecule has 3 rings (SSSR count). The van der Waals surface area contributed by atoms with Crippen molar-refractivity contribution in [1.82, 2.24) is 4.90 Å². The van der Waals surface area contributed by atoms with Gasteiger partial charge in [-0.15, -0.1) is 11.8 Å². The Morgan fingerprint density at radius 3 is 2.83 bits per heavy atom. The average molecular weight is 326 g/mol. The number of amides is 1. The van der Waals surface area contributed by atoms with Crippen LogP contribution >= 0.6 is 11.8 Å². The van der Waals surface area contributed by atoms with E-state index in [0.29, 0.717) is 0 Å². The zero-order valence-corrected chi connectivity index (χ0v) is 14.2. The molecule has 1 fully saturated rings. The van der Waals surface area contributed by atoms with Gasteiger partial charge < -0.3 is 5.32 Å². The fourth-order valence-electron chi connectivity index (χ4n) is 2.98. The lowest BCUT2D eigenvalue weighted by atomic mass is 10.1. The smallest absolute Gasteiger partial charge is 0.228 e. The highest BCUT2D eigenvalue weighted by atomic mass is 32.2. The third-order valence-corrected chi connectivity index (χ3v) is 4.95. The van der Waals surface area contributed by atoms with E-state index in [9.17, 15) is 4.79 Å². The molecule has 1 unspecified atom stereocenters. The summed E-state index contributed by atoms with van der Waals surface area (Å²) < 4.78 is 0. The summed E-state index contributed by atoms with van der Waals surface area (Å²) in [6, 6.07) is 18.5. The van der Waals surface area contributed by atoms with Gasteiger partial charge in [0.25, 0.3) is 0 Å². The zero-order chi connectivity index (χ0) is 16.1. The minimum atomic E-state index is 0.0802. The Morgan fingerprint density at radius 2 is 2.04 bits per heavy atom. The van der Waals surface area contributed by atoms with Crippen molar-refractivity contribution < 1.29 is 4.79 Å². The van der Waals surface area contributed by atoms with Crippen LogP contribution < -0.4 is 5.32 Å². The summed E-state index contributed by atoms with van der Waals surface area (Å²) in [7, 11) is 0. The lowest BCUT2D eigenvalue weighted by Gasteiger charge is -2.16. The van der Waals surface area contributed by atoms with Gasteiger partial charge in [0.1, 0.15) is 0 Å². The number of hydrogen-bond acceptors (Lipinski definition) is 3. The van der Waals surface area contributed by atoms with Crippen molar-refractivity contribution in [3.05, 3.63) is 60.2 Å². The van der Waals surface area contributed by atoms with Crippen LogP contribution in [0.1, 0.15) is 12.0 Å². The number of thioether (sulfide) groups is 1. The molecule has 2 aromatic carbocycles. The van der Waals surface area contributed by atoms with Crippen molar-refractivity contribution in [3.63, 3.8) is 0 Å². The molecule has 2 aromatic rings. The summed E-state index contributed by atoms with van der Waals surface area (Å²) in [5.41, 5.74) is 2.20. The maximum atomic E-state index is 12.5. The Balaban J connectivity index is 1.55. The maximum absolute atomic E-state index is 12.5. The molecular formula is C19H22N2OS. The van der Waals surface area contributed by atoms with Crippen LogP contribution in [0, 0.1) is 5.92 Å². The van der Waals surface area contributed by atoms with Crippen LogP contribution in [0.3, 0.4) is 0 Å². The average Bonchev–Trinajstić information content (AvgIpc) is 3.04. The molecule has 1 atom stereocenters. The van der Waals surface area contributed by atoms with E-state index in [2.05, 4.69) is 40.5 Å². The molecule has 0 spiro atoms. The molecule has 0 aliphatic carbocycles. The first-order chi connectivity index (χ1) is 11.2. The van der Waals surface area contributed by atoms with Crippen molar-refractivity contribution in [2.24, 2.45) is 5.92 Å². The Labute approximate surface area is 142 Å². The van der Waals surface area contributed by atoms with Crippen LogP contribution in [0.5, 0.6) is 0 Å². The predicted octanol–water partition coefficient (Wildman–Crippen LogP) is 3.87. The topological polar surface area (TPSA) is 32.3 Å². The van der Waals surface area contributed by atoms with E-state index in [-0.39, 0.29) is 11.8 Å². The molecule has 1 aliphatic heterocycles. The SMILES string of the molecule is CSc1cccc(NC(=O)C2CCN(Cc3ccccc3)C2)c1. The van der Waals surface area contributed by atoms with Crippen molar-refractivity contribution in [1.29, 1.82) is 0 Å². The summed E-state index contributed by atoms with van der Waals surface area (Å²) in [5, 5.41) is 3.06. The number of carbonyl (C=O) groups excluding carboxylic acids is 1. The van der Waals surface area contributed by atoms with Crippen LogP contribution in [-0.4, -0.2) is 30.2 Å². The quantitative estimate of drug-likeness (QED) is 0.847. The molecule has 3 nitrogen and oxygen atoms in total. The van der Waals surface area contributed by atoms with Crippen LogP contribution in [0.4, 0.5) is 5.69 Å². The normalized spacial score (nSPS) is 18.0. The van der Waals surface area contributed by atoms with Gasteiger partial charge in [-0.3, -0.25) is 9.69 Å². The highest BCUT2D eigenvalue weighted by Crippen LogP contribution is 2.22. The molecule has 0 saturated carbocycles. The molecule has 1 amide bonds. The van der Waals surface area contributed by atoms with E-state index in [1.165, 1.54) is 10.5 Å². The first-order valence-electron chi connectivity index (χ1n) is 7.96. The molecule has 0 aromatic heterocycles. The van der Waals surface area contributed by atoms with Gasteiger partial charge in [0.15, 0.2) is 0 Å². The summed E-state index contributed by atoms with van der Waals surface area (Å²) in [6.45, 7) is 2.74. The highest BCUT2D eigenvalue weighted by molar-refractivity contribution is 7.98. The number of benzene rings is 2. The minimum Gasteiger partial charge on any atom is -0.326 e. The van der Waals surface area contributed by atoms with Crippen molar-refractivity contribution >= 4 is 23.4 Å². The van der Waals surface area contributed by atoms with Gasteiger partial charge in [-0.1, -0.05) is 36.4 Å². The fourth-order valence-corrected chi connectivity index (χ4v) is 3.44. The predicted molar refractivity (Wildman–Crippen MR) is 96.7 cm³/mol. The monoisotopic (exact) mass is 326 g/mol. The molecule has 120 valence electrons. The highest BCUT2D eigenvalue weighted by Gasteiger charge is 2.28. The van der Waals surface area contributed by atoms with Crippen LogP contribution in [0.15, 0.2) is 59.5 Å². The number of carbonyl (C=O) groups is 1. The van der Waals surface area contributed by atoms with Gasteiger partial charge in [0.05, 0.1) is 5.92 Å². The Bertz CT molecular complexity index is 659. The summed E-state index contributed by atoms with van der Waals surface area (Å²) in [5.74, 6) is 0.218. The van der Waals surface area contributed by atoms with Gasteiger partial charge >= 0.3 is 0 Å². The summed E-state index contributed by atoms with van der Waals surface area (Å²) in [4.78, 5) is 16.0.